The van der Waals surface area contributed by atoms with Gasteiger partial charge in [-0.15, -0.1) is 0 Å². The van der Waals surface area contributed by atoms with Gasteiger partial charge in [-0.1, -0.05) is 0 Å². The third kappa shape index (κ3) is 2.15. The first kappa shape index (κ1) is 11.3. The maximum Gasteiger partial charge on any atom is 0.266 e. The minimum absolute atomic E-state index is 0.00564. The van der Waals surface area contributed by atoms with Crippen LogP contribution in [0.15, 0.2) is 22.7 Å². The molecule has 2 rings (SSSR count). The monoisotopic (exact) mass is 234 g/mol. The average Bonchev–Trinajstić information content (AvgIpc) is 2.81. The van der Waals surface area contributed by atoms with E-state index in [0.29, 0.717) is 23.1 Å². The molecule has 0 radical (unpaired) electrons. The van der Waals surface area contributed by atoms with Crippen molar-refractivity contribution in [2.75, 3.05) is 24.2 Å². The minimum atomic E-state index is 0.00564. The van der Waals surface area contributed by atoms with Crippen molar-refractivity contribution in [3.8, 4) is 17.2 Å². The summed E-state index contributed by atoms with van der Waals surface area (Å²) < 4.78 is 5.11. The highest BCUT2D eigenvalue weighted by Crippen LogP contribution is 2.27. The summed E-state index contributed by atoms with van der Waals surface area (Å²) in [6.45, 7) is 2.77. The van der Waals surface area contributed by atoms with Crippen LogP contribution in [0.25, 0.3) is 11.5 Å². The van der Waals surface area contributed by atoms with Gasteiger partial charge in [0.2, 0.25) is 0 Å². The summed E-state index contributed by atoms with van der Waals surface area (Å²) in [6.07, 6.45) is 0. The number of benzene rings is 1. The van der Waals surface area contributed by atoms with Crippen LogP contribution in [0.5, 0.6) is 5.75 Å². The molecule has 90 valence electrons. The van der Waals surface area contributed by atoms with Gasteiger partial charge < -0.3 is 20.3 Å². The number of anilines is 2. The molecule has 0 saturated heterocycles. The highest BCUT2D eigenvalue weighted by Gasteiger charge is 2.12. The molecule has 0 unspecified atom stereocenters. The lowest BCUT2D eigenvalue weighted by molar-refractivity contribution is 0.429. The van der Waals surface area contributed by atoms with E-state index in [4.69, 9.17) is 10.3 Å². The predicted octanol–water partition coefficient (Wildman–Crippen LogP) is 1.48. The molecule has 1 aromatic heterocycles. The Morgan fingerprint density at radius 1 is 1.47 bits per heavy atom. The number of phenolic OH excluding ortho intramolecular Hbond substituents is 1. The molecule has 0 bridgehead atoms. The van der Waals surface area contributed by atoms with Crippen molar-refractivity contribution >= 4 is 11.6 Å². The van der Waals surface area contributed by atoms with Gasteiger partial charge in [0.05, 0.1) is 5.69 Å². The Hall–Kier alpha value is -2.24. The number of nitrogens with two attached hydrogens (primary N) is 1. The number of aromatic nitrogens is 2. The van der Waals surface area contributed by atoms with E-state index in [9.17, 15) is 5.11 Å². The van der Waals surface area contributed by atoms with E-state index < -0.39 is 0 Å². The van der Waals surface area contributed by atoms with Crippen LogP contribution in [0.1, 0.15) is 6.92 Å². The number of phenols is 1. The molecule has 0 atom stereocenters. The van der Waals surface area contributed by atoms with E-state index in [2.05, 4.69) is 10.1 Å². The Bertz CT molecular complexity index is 524. The summed E-state index contributed by atoms with van der Waals surface area (Å²) in [4.78, 5) is 6.07. The van der Waals surface area contributed by atoms with E-state index in [1.165, 1.54) is 6.07 Å². The third-order valence-corrected chi connectivity index (χ3v) is 2.51. The zero-order valence-electron chi connectivity index (χ0n) is 9.71. The lowest BCUT2D eigenvalue weighted by Crippen LogP contribution is -2.16. The second kappa shape index (κ2) is 4.32. The highest BCUT2D eigenvalue weighted by molar-refractivity contribution is 5.64. The van der Waals surface area contributed by atoms with Crippen molar-refractivity contribution in [2.24, 2.45) is 0 Å². The van der Waals surface area contributed by atoms with Crippen molar-refractivity contribution in [3.05, 3.63) is 18.2 Å². The standard InChI is InChI=1S/C11H14N4O2/c1-3-15(2)11-13-10(17-14-11)7-4-5-8(12)9(16)6-7/h4-6,16H,3,12H2,1-2H3. The van der Waals surface area contributed by atoms with Crippen molar-refractivity contribution in [2.45, 2.75) is 6.92 Å². The Morgan fingerprint density at radius 2 is 2.24 bits per heavy atom. The quantitative estimate of drug-likeness (QED) is 0.617. The smallest absolute Gasteiger partial charge is 0.266 e. The van der Waals surface area contributed by atoms with E-state index in [1.54, 1.807) is 12.1 Å². The maximum atomic E-state index is 9.50. The SMILES string of the molecule is CCN(C)c1noc(-c2ccc(N)c(O)c2)n1. The molecule has 6 nitrogen and oxygen atoms in total. The lowest BCUT2D eigenvalue weighted by atomic mass is 10.2. The Balaban J connectivity index is 2.33. The van der Waals surface area contributed by atoms with Gasteiger partial charge in [0, 0.05) is 19.2 Å². The van der Waals surface area contributed by atoms with Crippen LogP contribution in [0, 0.1) is 0 Å². The number of rotatable bonds is 3. The lowest BCUT2D eigenvalue weighted by Gasteiger charge is -2.08. The highest BCUT2D eigenvalue weighted by atomic mass is 16.5. The zero-order chi connectivity index (χ0) is 12.4. The van der Waals surface area contributed by atoms with Crippen LogP contribution in [0.3, 0.4) is 0 Å². The molecular formula is C11H14N4O2. The molecule has 1 aromatic carbocycles. The second-order valence-electron chi connectivity index (χ2n) is 3.69. The molecule has 0 saturated carbocycles. The van der Waals surface area contributed by atoms with Gasteiger partial charge in [-0.05, 0) is 30.3 Å². The van der Waals surface area contributed by atoms with E-state index in [1.807, 2.05) is 18.9 Å². The molecule has 0 aliphatic rings. The largest absolute Gasteiger partial charge is 0.506 e. The molecule has 2 aromatic rings. The number of hydrogen-bond acceptors (Lipinski definition) is 6. The van der Waals surface area contributed by atoms with Crippen LogP contribution in [-0.2, 0) is 0 Å². The van der Waals surface area contributed by atoms with Gasteiger partial charge in [-0.3, -0.25) is 0 Å². The second-order valence-corrected chi connectivity index (χ2v) is 3.69. The zero-order valence-corrected chi connectivity index (χ0v) is 9.71. The molecule has 0 aliphatic heterocycles. The van der Waals surface area contributed by atoms with Gasteiger partial charge in [0.15, 0.2) is 0 Å². The molecule has 0 aliphatic carbocycles. The van der Waals surface area contributed by atoms with E-state index in [-0.39, 0.29) is 5.75 Å². The van der Waals surface area contributed by atoms with Crippen LogP contribution in [-0.4, -0.2) is 28.8 Å². The molecular weight excluding hydrogens is 220 g/mol. The normalized spacial score (nSPS) is 10.5. The summed E-state index contributed by atoms with van der Waals surface area (Å²) >= 11 is 0. The van der Waals surface area contributed by atoms with Crippen molar-refractivity contribution in [3.63, 3.8) is 0 Å². The maximum absolute atomic E-state index is 9.50. The average molecular weight is 234 g/mol. The first-order valence-electron chi connectivity index (χ1n) is 5.25. The Kier molecular flexibility index (Phi) is 2.86. The third-order valence-electron chi connectivity index (χ3n) is 2.51. The van der Waals surface area contributed by atoms with Gasteiger partial charge in [-0.2, -0.15) is 4.98 Å². The summed E-state index contributed by atoms with van der Waals surface area (Å²) in [5.41, 5.74) is 6.47. The first-order valence-corrected chi connectivity index (χ1v) is 5.25. The molecule has 0 amide bonds. The fourth-order valence-electron chi connectivity index (χ4n) is 1.31. The first-order chi connectivity index (χ1) is 8.11. The van der Waals surface area contributed by atoms with Crippen molar-refractivity contribution in [1.29, 1.82) is 0 Å². The number of aromatic hydroxyl groups is 1. The van der Waals surface area contributed by atoms with Crippen LogP contribution < -0.4 is 10.6 Å². The minimum Gasteiger partial charge on any atom is -0.506 e. The summed E-state index contributed by atoms with van der Waals surface area (Å²) in [5, 5.41) is 13.3. The number of nitrogens with zero attached hydrogens (tertiary/aromatic N) is 3. The van der Waals surface area contributed by atoms with Gasteiger partial charge in [0.1, 0.15) is 5.75 Å². The van der Waals surface area contributed by atoms with E-state index >= 15 is 0 Å². The topological polar surface area (TPSA) is 88.4 Å². The van der Waals surface area contributed by atoms with Gasteiger partial charge in [0.25, 0.3) is 11.8 Å². The summed E-state index contributed by atoms with van der Waals surface area (Å²) in [6, 6.07) is 4.81. The fraction of sp³-hybridized carbons (Fsp3) is 0.273. The number of hydrogen-bond donors (Lipinski definition) is 2. The summed E-state index contributed by atoms with van der Waals surface area (Å²) in [5.74, 6) is 0.875. The Labute approximate surface area is 98.7 Å². The fourth-order valence-corrected chi connectivity index (χ4v) is 1.31. The molecule has 1 heterocycles. The van der Waals surface area contributed by atoms with Crippen LogP contribution in [0.4, 0.5) is 11.6 Å². The van der Waals surface area contributed by atoms with Crippen molar-refractivity contribution in [1.82, 2.24) is 10.1 Å². The van der Waals surface area contributed by atoms with Crippen molar-refractivity contribution < 1.29 is 9.63 Å². The molecule has 0 fully saturated rings. The molecule has 6 heteroatoms. The Morgan fingerprint density at radius 3 is 2.88 bits per heavy atom. The number of nitrogen functional groups attached to an aromatic ring is 1. The van der Waals surface area contributed by atoms with Gasteiger partial charge >= 0.3 is 0 Å². The molecule has 17 heavy (non-hydrogen) atoms. The molecule has 0 spiro atoms. The van der Waals surface area contributed by atoms with Gasteiger partial charge in [-0.25, -0.2) is 0 Å². The molecule has 3 N–H and O–H groups in total. The van der Waals surface area contributed by atoms with E-state index in [0.717, 1.165) is 6.54 Å². The predicted molar refractivity (Wildman–Crippen MR) is 64.8 cm³/mol. The van der Waals surface area contributed by atoms with Crippen LogP contribution in [0.2, 0.25) is 0 Å². The van der Waals surface area contributed by atoms with Crippen LogP contribution >= 0.6 is 0 Å². The summed E-state index contributed by atoms with van der Waals surface area (Å²) in [7, 11) is 1.87.